The van der Waals surface area contributed by atoms with E-state index in [4.69, 9.17) is 4.98 Å². The quantitative estimate of drug-likeness (QED) is 0.775. The summed E-state index contributed by atoms with van der Waals surface area (Å²) in [5.74, 6) is 0.937. The van der Waals surface area contributed by atoms with E-state index in [1.165, 1.54) is 18.4 Å². The molecule has 3 aromatic rings. The summed E-state index contributed by atoms with van der Waals surface area (Å²) in [6, 6.07) is 9.55. The zero-order valence-electron chi connectivity index (χ0n) is 15.1. The molecule has 2 aromatic heterocycles. The predicted molar refractivity (Wildman–Crippen MR) is 102 cm³/mol. The van der Waals surface area contributed by atoms with E-state index in [1.807, 2.05) is 31.2 Å². The summed E-state index contributed by atoms with van der Waals surface area (Å²) in [7, 11) is 0. The Bertz CT molecular complexity index is 933. The lowest BCUT2D eigenvalue weighted by molar-refractivity contribution is 0.102. The summed E-state index contributed by atoms with van der Waals surface area (Å²) in [4.78, 5) is 21.5. The first-order valence-electron chi connectivity index (χ1n) is 9.01. The summed E-state index contributed by atoms with van der Waals surface area (Å²) in [5.41, 5.74) is 5.40. The van der Waals surface area contributed by atoms with Gasteiger partial charge >= 0.3 is 0 Å². The summed E-state index contributed by atoms with van der Waals surface area (Å²) < 4.78 is 2.22. The number of aromatic nitrogens is 3. The summed E-state index contributed by atoms with van der Waals surface area (Å²) >= 11 is 0. The summed E-state index contributed by atoms with van der Waals surface area (Å²) in [6.45, 7) is 5.11. The fraction of sp³-hybridized carbons (Fsp3) is 0.286. The molecule has 0 spiro atoms. The van der Waals surface area contributed by atoms with Gasteiger partial charge in [-0.1, -0.05) is 6.07 Å². The van der Waals surface area contributed by atoms with Gasteiger partial charge < -0.3 is 9.88 Å². The number of anilines is 1. The number of hydrogen-bond acceptors (Lipinski definition) is 3. The van der Waals surface area contributed by atoms with Gasteiger partial charge in [0.25, 0.3) is 5.91 Å². The van der Waals surface area contributed by atoms with Crippen molar-refractivity contribution in [2.45, 2.75) is 39.7 Å². The molecule has 1 N–H and O–H groups in total. The van der Waals surface area contributed by atoms with E-state index in [-0.39, 0.29) is 5.91 Å². The molecule has 132 valence electrons. The van der Waals surface area contributed by atoms with E-state index in [2.05, 4.69) is 28.0 Å². The molecule has 3 heterocycles. The summed E-state index contributed by atoms with van der Waals surface area (Å²) in [5, 5.41) is 2.90. The van der Waals surface area contributed by atoms with Gasteiger partial charge in [0.1, 0.15) is 11.5 Å². The van der Waals surface area contributed by atoms with Crippen LogP contribution in [-0.4, -0.2) is 20.4 Å². The average Bonchev–Trinajstić information content (AvgIpc) is 3.09. The number of hydrogen-bond donors (Lipinski definition) is 1. The molecule has 5 heteroatoms. The van der Waals surface area contributed by atoms with Gasteiger partial charge in [0.05, 0.1) is 5.69 Å². The molecule has 4 rings (SSSR count). The highest BCUT2D eigenvalue weighted by Gasteiger charge is 2.14. The van der Waals surface area contributed by atoms with Crippen LogP contribution in [0.5, 0.6) is 0 Å². The molecule has 1 amide bonds. The van der Waals surface area contributed by atoms with Crippen LogP contribution >= 0.6 is 0 Å². The number of carbonyl (C=O) groups excluding carboxylic acids is 1. The lowest BCUT2D eigenvalue weighted by Gasteiger charge is -2.11. The number of amides is 1. The number of carbonyl (C=O) groups is 1. The first-order valence-corrected chi connectivity index (χ1v) is 9.01. The van der Waals surface area contributed by atoms with E-state index >= 15 is 0 Å². The van der Waals surface area contributed by atoms with Gasteiger partial charge in [-0.25, -0.2) is 4.98 Å². The van der Waals surface area contributed by atoms with Crippen LogP contribution in [0.15, 0.2) is 42.7 Å². The first kappa shape index (κ1) is 16.5. The molecule has 0 unspecified atom stereocenters. The molecule has 26 heavy (non-hydrogen) atoms. The molecule has 1 aliphatic rings. The third kappa shape index (κ3) is 3.25. The highest BCUT2D eigenvalue weighted by molar-refractivity contribution is 6.03. The van der Waals surface area contributed by atoms with Crippen molar-refractivity contribution >= 4 is 11.6 Å². The van der Waals surface area contributed by atoms with Gasteiger partial charge in [-0.05, 0) is 62.1 Å². The second-order valence-corrected chi connectivity index (χ2v) is 6.88. The topological polar surface area (TPSA) is 59.8 Å². The minimum Gasteiger partial charge on any atom is -0.334 e. The van der Waals surface area contributed by atoms with E-state index in [9.17, 15) is 4.79 Å². The van der Waals surface area contributed by atoms with E-state index in [0.717, 1.165) is 41.3 Å². The van der Waals surface area contributed by atoms with Crippen molar-refractivity contribution in [3.8, 4) is 11.3 Å². The van der Waals surface area contributed by atoms with Crippen LogP contribution in [0.3, 0.4) is 0 Å². The van der Waals surface area contributed by atoms with Gasteiger partial charge in [-0.2, -0.15) is 0 Å². The zero-order valence-corrected chi connectivity index (χ0v) is 15.1. The van der Waals surface area contributed by atoms with E-state index in [0.29, 0.717) is 5.69 Å². The van der Waals surface area contributed by atoms with Gasteiger partial charge in [0, 0.05) is 36.6 Å². The third-order valence-corrected chi connectivity index (χ3v) is 4.97. The van der Waals surface area contributed by atoms with Crippen LogP contribution in [0.25, 0.3) is 11.3 Å². The Balaban J connectivity index is 1.50. The maximum absolute atomic E-state index is 12.4. The lowest BCUT2D eigenvalue weighted by atomic mass is 10.1. The molecule has 1 aromatic carbocycles. The smallest absolute Gasteiger partial charge is 0.274 e. The largest absolute Gasteiger partial charge is 0.334 e. The normalized spacial score (nSPS) is 13.3. The number of imidazole rings is 1. The summed E-state index contributed by atoms with van der Waals surface area (Å²) in [6.07, 6.45) is 7.25. The molecule has 0 fully saturated rings. The molecule has 0 saturated carbocycles. The molecule has 0 radical (unpaired) electrons. The van der Waals surface area contributed by atoms with Crippen LogP contribution < -0.4 is 5.32 Å². The molecular weight excluding hydrogens is 324 g/mol. The molecule has 5 nitrogen and oxygen atoms in total. The highest BCUT2D eigenvalue weighted by Crippen LogP contribution is 2.22. The lowest BCUT2D eigenvalue weighted by Crippen LogP contribution is -2.13. The average molecular weight is 346 g/mol. The Morgan fingerprint density at radius 3 is 2.73 bits per heavy atom. The second-order valence-electron chi connectivity index (χ2n) is 6.88. The fourth-order valence-electron chi connectivity index (χ4n) is 3.25. The van der Waals surface area contributed by atoms with Gasteiger partial charge in [0.2, 0.25) is 0 Å². The van der Waals surface area contributed by atoms with Crippen LogP contribution in [0.1, 0.15) is 40.3 Å². The third-order valence-electron chi connectivity index (χ3n) is 4.97. The van der Waals surface area contributed by atoms with Crippen molar-refractivity contribution < 1.29 is 4.79 Å². The van der Waals surface area contributed by atoms with Gasteiger partial charge in [-0.3, -0.25) is 9.78 Å². The van der Waals surface area contributed by atoms with Crippen molar-refractivity contribution in [1.82, 2.24) is 14.5 Å². The number of nitrogens with zero attached hydrogens (tertiary/aromatic N) is 3. The van der Waals surface area contributed by atoms with Crippen LogP contribution in [0.2, 0.25) is 0 Å². The Morgan fingerprint density at radius 1 is 1.12 bits per heavy atom. The maximum atomic E-state index is 12.4. The molecule has 0 aliphatic carbocycles. The van der Waals surface area contributed by atoms with Gasteiger partial charge in [-0.15, -0.1) is 0 Å². The van der Waals surface area contributed by atoms with Crippen LogP contribution in [-0.2, 0) is 13.0 Å². The molecule has 0 atom stereocenters. The Kier molecular flexibility index (Phi) is 4.29. The van der Waals surface area contributed by atoms with Gasteiger partial charge in [0.15, 0.2) is 0 Å². The number of pyridine rings is 1. The van der Waals surface area contributed by atoms with Crippen LogP contribution in [0, 0.1) is 13.8 Å². The SMILES string of the molecule is Cc1ccc(NC(=O)c2ccc(-c3cn4c(n3)CCCC4)cn2)cc1C. The number of fused-ring (bicyclic) bond motifs is 1. The molecule has 0 saturated heterocycles. The Morgan fingerprint density at radius 2 is 2.00 bits per heavy atom. The fourth-order valence-corrected chi connectivity index (χ4v) is 3.25. The Hall–Kier alpha value is -2.95. The minimum absolute atomic E-state index is 0.205. The number of benzene rings is 1. The molecular formula is C21H22N4O. The second kappa shape index (κ2) is 6.75. The van der Waals surface area contributed by atoms with Crippen molar-refractivity contribution in [1.29, 1.82) is 0 Å². The number of rotatable bonds is 3. The number of aryl methyl sites for hydroxylation is 4. The minimum atomic E-state index is -0.205. The Labute approximate surface area is 153 Å². The predicted octanol–water partition coefficient (Wildman–Crippen LogP) is 4.15. The molecule has 0 bridgehead atoms. The van der Waals surface area contributed by atoms with E-state index in [1.54, 1.807) is 12.3 Å². The zero-order chi connectivity index (χ0) is 18.1. The number of nitrogens with one attached hydrogen (secondary N) is 1. The highest BCUT2D eigenvalue weighted by atomic mass is 16.1. The monoisotopic (exact) mass is 346 g/mol. The first-order chi connectivity index (χ1) is 12.6. The molecule has 1 aliphatic heterocycles. The van der Waals surface area contributed by atoms with Crippen molar-refractivity contribution in [2.75, 3.05) is 5.32 Å². The van der Waals surface area contributed by atoms with Crippen LogP contribution in [0.4, 0.5) is 5.69 Å². The van der Waals surface area contributed by atoms with Crippen molar-refractivity contribution in [3.63, 3.8) is 0 Å². The standard InChI is InChI=1S/C21H22N4O/c1-14-6-8-17(11-15(14)2)23-21(26)18-9-7-16(12-22-18)19-13-25-10-4-3-5-20(25)24-19/h6-9,11-13H,3-5,10H2,1-2H3,(H,23,26). The maximum Gasteiger partial charge on any atom is 0.274 e. The van der Waals surface area contributed by atoms with Crippen molar-refractivity contribution in [2.24, 2.45) is 0 Å². The van der Waals surface area contributed by atoms with E-state index < -0.39 is 0 Å². The van der Waals surface area contributed by atoms with Crippen molar-refractivity contribution in [3.05, 3.63) is 65.4 Å².